The normalized spacial score (nSPS) is 32.2. The average Bonchev–Trinajstić information content (AvgIpc) is 2.97. The van der Waals surface area contributed by atoms with E-state index in [2.05, 4.69) is 40.4 Å². The summed E-state index contributed by atoms with van der Waals surface area (Å²) in [7, 11) is 2.11. The van der Waals surface area contributed by atoms with Crippen LogP contribution in [0.25, 0.3) is 0 Å². The van der Waals surface area contributed by atoms with Crippen LogP contribution in [0.1, 0.15) is 42.9 Å². The number of nitrogens with one attached hydrogen (secondary N) is 1. The van der Waals surface area contributed by atoms with Gasteiger partial charge in [-0.2, -0.15) is 0 Å². The monoisotopic (exact) mass is 335 g/mol. The SMILES string of the molecule is CNC(c1cc(Br)cc2c1OCC2)C1C2CCCCC21. The molecule has 3 aliphatic rings. The molecule has 108 valence electrons. The van der Waals surface area contributed by atoms with E-state index in [1.807, 2.05) is 0 Å². The smallest absolute Gasteiger partial charge is 0.127 e. The van der Waals surface area contributed by atoms with Crippen LogP contribution < -0.4 is 10.1 Å². The van der Waals surface area contributed by atoms with Crippen molar-refractivity contribution in [2.45, 2.75) is 38.1 Å². The average molecular weight is 336 g/mol. The summed E-state index contributed by atoms with van der Waals surface area (Å²) in [6.07, 6.45) is 6.78. The fraction of sp³-hybridized carbons (Fsp3) is 0.647. The summed E-state index contributed by atoms with van der Waals surface area (Å²) in [4.78, 5) is 0. The van der Waals surface area contributed by atoms with Crippen molar-refractivity contribution in [3.05, 3.63) is 27.7 Å². The lowest BCUT2D eigenvalue weighted by atomic mass is 9.96. The summed E-state index contributed by atoms with van der Waals surface area (Å²) >= 11 is 3.68. The van der Waals surface area contributed by atoms with Crippen molar-refractivity contribution in [1.82, 2.24) is 5.32 Å². The molecule has 3 unspecified atom stereocenters. The van der Waals surface area contributed by atoms with Gasteiger partial charge in [-0.1, -0.05) is 28.8 Å². The third-order valence-electron chi connectivity index (χ3n) is 5.53. The minimum absolute atomic E-state index is 0.465. The molecule has 1 heterocycles. The predicted octanol–water partition coefficient (Wildman–Crippen LogP) is 4.08. The van der Waals surface area contributed by atoms with Crippen molar-refractivity contribution in [2.75, 3.05) is 13.7 Å². The Labute approximate surface area is 129 Å². The van der Waals surface area contributed by atoms with E-state index in [0.29, 0.717) is 6.04 Å². The number of fused-ring (bicyclic) bond motifs is 2. The zero-order valence-electron chi connectivity index (χ0n) is 12.0. The maximum absolute atomic E-state index is 5.94. The van der Waals surface area contributed by atoms with Gasteiger partial charge in [0.15, 0.2) is 0 Å². The molecule has 1 aromatic rings. The number of hydrogen-bond donors (Lipinski definition) is 1. The van der Waals surface area contributed by atoms with E-state index in [9.17, 15) is 0 Å². The molecule has 2 saturated carbocycles. The zero-order valence-corrected chi connectivity index (χ0v) is 13.6. The first-order valence-electron chi connectivity index (χ1n) is 7.92. The Morgan fingerprint density at radius 2 is 2.00 bits per heavy atom. The van der Waals surface area contributed by atoms with Gasteiger partial charge in [-0.3, -0.25) is 0 Å². The van der Waals surface area contributed by atoms with Gasteiger partial charge in [0.2, 0.25) is 0 Å². The van der Waals surface area contributed by atoms with E-state index >= 15 is 0 Å². The van der Waals surface area contributed by atoms with Gasteiger partial charge in [0, 0.05) is 22.5 Å². The molecule has 0 radical (unpaired) electrons. The lowest BCUT2D eigenvalue weighted by Crippen LogP contribution is -2.20. The van der Waals surface area contributed by atoms with Crippen LogP contribution in [0.2, 0.25) is 0 Å². The van der Waals surface area contributed by atoms with Crippen molar-refractivity contribution < 1.29 is 4.74 Å². The predicted molar refractivity (Wildman–Crippen MR) is 84.1 cm³/mol. The maximum Gasteiger partial charge on any atom is 0.127 e. The van der Waals surface area contributed by atoms with Crippen LogP contribution in [0.4, 0.5) is 0 Å². The Morgan fingerprint density at radius 1 is 1.25 bits per heavy atom. The summed E-state index contributed by atoms with van der Waals surface area (Å²) < 4.78 is 7.13. The molecule has 3 atom stereocenters. The third kappa shape index (κ3) is 2.01. The molecule has 0 aromatic heterocycles. The fourth-order valence-electron chi connectivity index (χ4n) is 4.63. The van der Waals surface area contributed by atoms with Crippen LogP contribution in [0, 0.1) is 17.8 Å². The van der Waals surface area contributed by atoms with E-state index in [0.717, 1.165) is 36.5 Å². The Balaban J connectivity index is 1.69. The minimum Gasteiger partial charge on any atom is -0.493 e. The first kappa shape index (κ1) is 13.1. The number of rotatable bonds is 3. The lowest BCUT2D eigenvalue weighted by molar-refractivity contribution is 0.345. The van der Waals surface area contributed by atoms with Crippen molar-refractivity contribution in [3.63, 3.8) is 0 Å². The van der Waals surface area contributed by atoms with Gasteiger partial charge in [-0.25, -0.2) is 0 Å². The molecule has 2 nitrogen and oxygen atoms in total. The van der Waals surface area contributed by atoms with E-state index in [4.69, 9.17) is 4.74 Å². The highest BCUT2D eigenvalue weighted by Crippen LogP contribution is 2.61. The highest BCUT2D eigenvalue weighted by atomic mass is 79.9. The summed E-state index contributed by atoms with van der Waals surface area (Å²) in [6.45, 7) is 0.840. The van der Waals surface area contributed by atoms with Gasteiger partial charge < -0.3 is 10.1 Å². The highest BCUT2D eigenvalue weighted by molar-refractivity contribution is 9.10. The van der Waals surface area contributed by atoms with Crippen LogP contribution in [0.15, 0.2) is 16.6 Å². The Morgan fingerprint density at radius 3 is 2.70 bits per heavy atom. The zero-order chi connectivity index (χ0) is 13.7. The molecule has 1 aromatic carbocycles. The second-order valence-electron chi connectivity index (χ2n) is 6.54. The van der Waals surface area contributed by atoms with E-state index in [-0.39, 0.29) is 0 Å². The molecular formula is C17H22BrNO. The van der Waals surface area contributed by atoms with E-state index in [1.54, 1.807) is 0 Å². The van der Waals surface area contributed by atoms with Crippen LogP contribution in [-0.2, 0) is 6.42 Å². The number of hydrogen-bond acceptors (Lipinski definition) is 2. The number of benzene rings is 1. The van der Waals surface area contributed by atoms with Gasteiger partial charge in [0.1, 0.15) is 5.75 Å². The molecule has 0 amide bonds. The molecule has 0 saturated heterocycles. The van der Waals surface area contributed by atoms with E-state index < -0.39 is 0 Å². The molecule has 20 heavy (non-hydrogen) atoms. The summed E-state index contributed by atoms with van der Waals surface area (Å²) in [5, 5.41) is 3.59. The van der Waals surface area contributed by atoms with Crippen molar-refractivity contribution in [3.8, 4) is 5.75 Å². The number of halogens is 1. The lowest BCUT2D eigenvalue weighted by Gasteiger charge is -2.20. The second kappa shape index (κ2) is 5.03. The second-order valence-corrected chi connectivity index (χ2v) is 7.45. The van der Waals surface area contributed by atoms with Crippen molar-refractivity contribution >= 4 is 15.9 Å². The molecule has 4 rings (SSSR count). The first-order chi connectivity index (χ1) is 9.79. The van der Waals surface area contributed by atoms with Gasteiger partial charge in [0.25, 0.3) is 0 Å². The van der Waals surface area contributed by atoms with E-state index in [1.165, 1.54) is 41.3 Å². The van der Waals surface area contributed by atoms with Gasteiger partial charge in [0.05, 0.1) is 6.61 Å². The minimum atomic E-state index is 0.465. The maximum atomic E-state index is 5.94. The molecular weight excluding hydrogens is 314 g/mol. The third-order valence-corrected chi connectivity index (χ3v) is 5.99. The summed E-state index contributed by atoms with van der Waals surface area (Å²) in [5.74, 6) is 3.90. The molecule has 1 aliphatic heterocycles. The highest BCUT2D eigenvalue weighted by Gasteiger charge is 2.54. The molecule has 1 N–H and O–H groups in total. The molecule has 0 bridgehead atoms. The van der Waals surface area contributed by atoms with Gasteiger partial charge in [-0.15, -0.1) is 0 Å². The fourth-order valence-corrected chi connectivity index (χ4v) is 5.15. The van der Waals surface area contributed by atoms with Crippen LogP contribution in [0.3, 0.4) is 0 Å². The topological polar surface area (TPSA) is 21.3 Å². The van der Waals surface area contributed by atoms with Crippen molar-refractivity contribution in [1.29, 1.82) is 0 Å². The first-order valence-corrected chi connectivity index (χ1v) is 8.71. The Kier molecular flexibility index (Phi) is 3.30. The number of ether oxygens (including phenoxy) is 1. The van der Waals surface area contributed by atoms with Crippen LogP contribution >= 0.6 is 15.9 Å². The molecule has 3 heteroatoms. The standard InChI is InChI=1S/C17H22BrNO/c1-19-16(15-12-4-2-3-5-13(12)15)14-9-11(18)8-10-6-7-20-17(10)14/h8-9,12-13,15-16,19H,2-7H2,1H3. The van der Waals surface area contributed by atoms with Gasteiger partial charge >= 0.3 is 0 Å². The van der Waals surface area contributed by atoms with Crippen molar-refractivity contribution in [2.24, 2.45) is 17.8 Å². The quantitative estimate of drug-likeness (QED) is 0.898. The van der Waals surface area contributed by atoms with Crippen LogP contribution in [0.5, 0.6) is 5.75 Å². The molecule has 2 aliphatic carbocycles. The summed E-state index contributed by atoms with van der Waals surface area (Å²) in [6, 6.07) is 4.96. The Bertz CT molecular complexity index is 518. The van der Waals surface area contributed by atoms with Crippen LogP contribution in [-0.4, -0.2) is 13.7 Å². The Hall–Kier alpha value is -0.540. The molecule has 2 fully saturated rings. The van der Waals surface area contributed by atoms with Gasteiger partial charge in [-0.05, 0) is 55.3 Å². The molecule has 0 spiro atoms. The summed E-state index contributed by atoms with van der Waals surface area (Å²) in [5.41, 5.74) is 2.76. The largest absolute Gasteiger partial charge is 0.493 e.